The first-order chi connectivity index (χ1) is 12.8. The second kappa shape index (κ2) is 8.10. The van der Waals surface area contributed by atoms with E-state index < -0.39 is 12.2 Å². The van der Waals surface area contributed by atoms with Crippen LogP contribution in [0.15, 0.2) is 18.2 Å². The normalized spacial score (nSPS) is 21.9. The average Bonchev–Trinajstić information content (AvgIpc) is 2.92. The summed E-state index contributed by atoms with van der Waals surface area (Å²) in [5.41, 5.74) is 0.987. The fraction of sp³-hybridized carbons (Fsp3) is 0.556. The molecule has 2 saturated heterocycles. The van der Waals surface area contributed by atoms with E-state index in [1.807, 2.05) is 19.0 Å². The van der Waals surface area contributed by atoms with Gasteiger partial charge in [0.1, 0.15) is 11.9 Å². The number of cyclic esters (lactones) is 1. The summed E-state index contributed by atoms with van der Waals surface area (Å²) >= 11 is 0. The van der Waals surface area contributed by atoms with Crippen molar-refractivity contribution >= 4 is 23.4 Å². The summed E-state index contributed by atoms with van der Waals surface area (Å²) in [7, 11) is 4.03. The third-order valence-corrected chi connectivity index (χ3v) is 5.01. The molecular weight excluding hydrogens is 353 g/mol. The van der Waals surface area contributed by atoms with Gasteiger partial charge in [-0.05, 0) is 18.2 Å². The Balaban J connectivity index is 1.69. The molecule has 0 radical (unpaired) electrons. The number of carbonyl (C=O) groups is 2. The number of hydrogen-bond donors (Lipinski definition) is 1. The summed E-state index contributed by atoms with van der Waals surface area (Å²) in [6.45, 7) is 4.98. The van der Waals surface area contributed by atoms with Crippen LogP contribution in [0.5, 0.6) is 0 Å². The predicted octanol–water partition coefficient (Wildman–Crippen LogP) is 0.886. The molecular formula is C18H26FN5O3. The number of carbonyl (C=O) groups excluding carboxylic acids is 2. The van der Waals surface area contributed by atoms with E-state index in [1.54, 1.807) is 12.1 Å². The summed E-state index contributed by atoms with van der Waals surface area (Å²) in [5, 5.41) is 6.85. The number of rotatable bonds is 4. The van der Waals surface area contributed by atoms with E-state index in [4.69, 9.17) is 4.74 Å². The van der Waals surface area contributed by atoms with Crippen LogP contribution in [0, 0.1) is 5.82 Å². The molecule has 2 fully saturated rings. The maximum Gasteiger partial charge on any atom is 0.414 e. The van der Waals surface area contributed by atoms with Crippen LogP contribution < -0.4 is 15.1 Å². The number of nitrogens with zero attached hydrogens (tertiary/aromatic N) is 4. The summed E-state index contributed by atoms with van der Waals surface area (Å²) in [4.78, 5) is 26.5. The maximum absolute atomic E-state index is 14.8. The zero-order valence-corrected chi connectivity index (χ0v) is 15.9. The molecule has 27 heavy (non-hydrogen) atoms. The van der Waals surface area contributed by atoms with Crippen LogP contribution in [-0.2, 0) is 9.53 Å². The van der Waals surface area contributed by atoms with Crippen LogP contribution >= 0.6 is 0 Å². The van der Waals surface area contributed by atoms with Crippen LogP contribution in [0.2, 0.25) is 0 Å². The van der Waals surface area contributed by atoms with Gasteiger partial charge in [0.2, 0.25) is 5.91 Å². The van der Waals surface area contributed by atoms with E-state index in [9.17, 15) is 14.0 Å². The lowest BCUT2D eigenvalue weighted by Gasteiger charge is -2.24. The first-order valence-corrected chi connectivity index (χ1v) is 9.04. The highest BCUT2D eigenvalue weighted by atomic mass is 19.1. The highest BCUT2D eigenvalue weighted by molar-refractivity contribution is 5.90. The van der Waals surface area contributed by atoms with Gasteiger partial charge >= 0.3 is 6.09 Å². The van der Waals surface area contributed by atoms with Crippen LogP contribution in [0.25, 0.3) is 0 Å². The van der Waals surface area contributed by atoms with E-state index in [2.05, 4.69) is 15.3 Å². The molecule has 3 rings (SSSR count). The fourth-order valence-electron chi connectivity index (χ4n) is 3.24. The molecule has 2 amide bonds. The standard InChI is InChI=1S/C18H26FN5O3/c1-13(25)20-11-15-12-24(18(26)27-15)14-4-5-17(16(19)10-14)23-8-6-21(2)22(3)7-9-23/h4-5,10,15H,6-9,11-12H2,1-3H3,(H,20,25)/t15-/m0/s1. The lowest BCUT2D eigenvalue weighted by molar-refractivity contribution is -0.119. The Morgan fingerprint density at radius 3 is 2.48 bits per heavy atom. The van der Waals surface area contributed by atoms with Gasteiger partial charge in [-0.25, -0.2) is 19.2 Å². The van der Waals surface area contributed by atoms with Gasteiger partial charge in [0.05, 0.1) is 24.5 Å². The highest BCUT2D eigenvalue weighted by Gasteiger charge is 2.33. The third kappa shape index (κ3) is 4.48. The molecule has 0 aromatic heterocycles. The van der Waals surface area contributed by atoms with Crippen molar-refractivity contribution in [1.82, 2.24) is 15.3 Å². The minimum Gasteiger partial charge on any atom is -0.442 e. The molecule has 0 spiro atoms. The lowest BCUT2D eigenvalue weighted by atomic mass is 10.2. The molecule has 2 aliphatic rings. The molecule has 8 nitrogen and oxygen atoms in total. The van der Waals surface area contributed by atoms with Crippen LogP contribution in [-0.4, -0.2) is 81.5 Å². The second-order valence-electron chi connectivity index (χ2n) is 6.94. The maximum atomic E-state index is 14.8. The van der Waals surface area contributed by atoms with Gasteiger partial charge in [-0.15, -0.1) is 0 Å². The quantitative estimate of drug-likeness (QED) is 0.838. The Bertz CT molecular complexity index is 704. The van der Waals surface area contributed by atoms with Crippen LogP contribution in [0.4, 0.5) is 20.6 Å². The molecule has 2 aliphatic heterocycles. The molecule has 1 aromatic rings. The number of halogens is 1. The Morgan fingerprint density at radius 1 is 1.22 bits per heavy atom. The Hall–Kier alpha value is -2.39. The fourth-order valence-corrected chi connectivity index (χ4v) is 3.24. The number of hydrogen-bond acceptors (Lipinski definition) is 6. The van der Waals surface area contributed by atoms with Gasteiger partial charge in [-0.2, -0.15) is 0 Å². The summed E-state index contributed by atoms with van der Waals surface area (Å²) in [6.07, 6.45) is -0.976. The summed E-state index contributed by atoms with van der Waals surface area (Å²) < 4.78 is 20.0. The van der Waals surface area contributed by atoms with Crippen LogP contribution in [0.1, 0.15) is 6.92 Å². The molecule has 0 saturated carbocycles. The van der Waals surface area contributed by atoms with E-state index in [1.165, 1.54) is 17.9 Å². The van der Waals surface area contributed by atoms with Crippen molar-refractivity contribution < 1.29 is 18.7 Å². The Kier molecular flexibility index (Phi) is 5.81. The van der Waals surface area contributed by atoms with Crippen molar-refractivity contribution in [2.75, 3.05) is 63.2 Å². The summed E-state index contributed by atoms with van der Waals surface area (Å²) in [6, 6.07) is 4.82. The second-order valence-corrected chi connectivity index (χ2v) is 6.94. The minimum absolute atomic E-state index is 0.186. The van der Waals surface area contributed by atoms with Gasteiger partial charge in [-0.3, -0.25) is 9.69 Å². The van der Waals surface area contributed by atoms with Crippen molar-refractivity contribution in [2.45, 2.75) is 13.0 Å². The van der Waals surface area contributed by atoms with Crippen molar-refractivity contribution in [3.05, 3.63) is 24.0 Å². The van der Waals surface area contributed by atoms with E-state index in [0.29, 0.717) is 11.4 Å². The number of anilines is 2. The number of benzene rings is 1. The van der Waals surface area contributed by atoms with Crippen molar-refractivity contribution in [1.29, 1.82) is 0 Å². The topological polar surface area (TPSA) is 68.4 Å². The first kappa shape index (κ1) is 19.4. The molecule has 0 aliphatic carbocycles. The van der Waals surface area contributed by atoms with E-state index >= 15 is 0 Å². The Labute approximate surface area is 158 Å². The Morgan fingerprint density at radius 2 is 1.89 bits per heavy atom. The smallest absolute Gasteiger partial charge is 0.414 e. The van der Waals surface area contributed by atoms with Crippen LogP contribution in [0.3, 0.4) is 0 Å². The number of hydrazine groups is 1. The largest absolute Gasteiger partial charge is 0.442 e. The SMILES string of the molecule is CC(=O)NC[C@H]1CN(c2ccc(N3CCN(C)N(C)CC3)c(F)c2)C(=O)O1. The zero-order chi connectivity index (χ0) is 19.6. The first-order valence-electron chi connectivity index (χ1n) is 9.04. The predicted molar refractivity (Wildman–Crippen MR) is 100 cm³/mol. The number of ether oxygens (including phenoxy) is 1. The molecule has 0 bridgehead atoms. The van der Waals surface area contributed by atoms with Crippen molar-refractivity contribution in [2.24, 2.45) is 0 Å². The molecule has 0 unspecified atom stereocenters. The molecule has 1 aromatic carbocycles. The van der Waals surface area contributed by atoms with Crippen molar-refractivity contribution in [3.8, 4) is 0 Å². The van der Waals surface area contributed by atoms with Crippen molar-refractivity contribution in [3.63, 3.8) is 0 Å². The molecule has 1 atom stereocenters. The van der Waals surface area contributed by atoms with Gasteiger partial charge in [-0.1, -0.05) is 0 Å². The van der Waals surface area contributed by atoms with Gasteiger partial charge in [0.25, 0.3) is 0 Å². The number of nitrogens with one attached hydrogen (secondary N) is 1. The van der Waals surface area contributed by atoms with Gasteiger partial charge < -0.3 is 15.0 Å². The number of likely N-dealkylation sites (N-methyl/N-ethyl adjacent to an activating group) is 2. The molecule has 2 heterocycles. The molecule has 1 N–H and O–H groups in total. The van der Waals surface area contributed by atoms with E-state index in [0.717, 1.165) is 26.2 Å². The highest BCUT2D eigenvalue weighted by Crippen LogP contribution is 2.28. The molecule has 9 heteroatoms. The lowest BCUT2D eigenvalue weighted by Crippen LogP contribution is -2.37. The minimum atomic E-state index is -0.532. The monoisotopic (exact) mass is 379 g/mol. The average molecular weight is 379 g/mol. The number of amides is 2. The third-order valence-electron chi connectivity index (χ3n) is 5.01. The zero-order valence-electron chi connectivity index (χ0n) is 15.9. The molecule has 148 valence electrons. The van der Waals surface area contributed by atoms with Gasteiger partial charge in [0, 0.05) is 47.2 Å². The summed E-state index contributed by atoms with van der Waals surface area (Å²) in [5.74, 6) is -0.550. The van der Waals surface area contributed by atoms with E-state index in [-0.39, 0.29) is 24.8 Å². The van der Waals surface area contributed by atoms with Gasteiger partial charge in [0.15, 0.2) is 0 Å².